The Labute approximate surface area is 101 Å². The van der Waals surface area contributed by atoms with Gasteiger partial charge in [-0.3, -0.25) is 0 Å². The molecule has 1 aliphatic rings. The summed E-state index contributed by atoms with van der Waals surface area (Å²) in [6.07, 6.45) is 6.16. The second kappa shape index (κ2) is 4.34. The number of hydrogen-bond acceptors (Lipinski definition) is 3. The molecule has 17 heavy (non-hydrogen) atoms. The van der Waals surface area contributed by atoms with Gasteiger partial charge in [-0.2, -0.15) is 0 Å². The molecule has 0 fully saturated rings. The van der Waals surface area contributed by atoms with Crippen molar-refractivity contribution in [3.8, 4) is 11.3 Å². The zero-order valence-corrected chi connectivity index (χ0v) is 9.78. The highest BCUT2D eigenvalue weighted by molar-refractivity contribution is 5.59. The van der Waals surface area contributed by atoms with E-state index in [1.165, 1.54) is 30.4 Å². The Kier molecular flexibility index (Phi) is 2.69. The van der Waals surface area contributed by atoms with Gasteiger partial charge in [-0.25, -0.2) is 4.98 Å². The molecule has 1 aromatic carbocycles. The van der Waals surface area contributed by atoms with E-state index in [-0.39, 0.29) is 0 Å². The molecule has 88 valence electrons. The van der Waals surface area contributed by atoms with Gasteiger partial charge >= 0.3 is 0 Å². The van der Waals surface area contributed by atoms with Crippen molar-refractivity contribution in [3.63, 3.8) is 0 Å². The number of aromatic nitrogens is 1. The zero-order valence-electron chi connectivity index (χ0n) is 9.78. The first-order valence-electron chi connectivity index (χ1n) is 6.14. The van der Waals surface area contributed by atoms with Crippen molar-refractivity contribution in [2.45, 2.75) is 25.7 Å². The van der Waals surface area contributed by atoms with E-state index < -0.39 is 0 Å². The number of nitrogens with zero attached hydrogens (tertiary/aromatic N) is 1. The van der Waals surface area contributed by atoms with Gasteiger partial charge in [-0.15, -0.1) is 0 Å². The lowest BCUT2D eigenvalue weighted by Crippen LogP contribution is -2.02. The Bertz CT molecular complexity index is 531. The maximum atomic E-state index is 5.68. The Morgan fingerprint density at radius 1 is 1.24 bits per heavy atom. The molecule has 2 N–H and O–H groups in total. The van der Waals surface area contributed by atoms with Gasteiger partial charge < -0.3 is 10.2 Å². The quantitative estimate of drug-likeness (QED) is 0.877. The summed E-state index contributed by atoms with van der Waals surface area (Å²) in [4.78, 5) is 4.23. The molecule has 0 atom stereocenters. The zero-order chi connectivity index (χ0) is 11.7. The monoisotopic (exact) mass is 228 g/mol. The molecule has 0 saturated heterocycles. The van der Waals surface area contributed by atoms with Crippen molar-refractivity contribution in [1.82, 2.24) is 4.98 Å². The fourth-order valence-electron chi connectivity index (χ4n) is 2.41. The van der Waals surface area contributed by atoms with Crippen molar-refractivity contribution in [2.24, 2.45) is 5.73 Å². The maximum absolute atomic E-state index is 5.68. The molecule has 0 spiro atoms. The molecule has 3 nitrogen and oxygen atoms in total. The van der Waals surface area contributed by atoms with E-state index in [0.29, 0.717) is 13.0 Å². The average molecular weight is 228 g/mol. The first kappa shape index (κ1) is 10.5. The first-order chi connectivity index (χ1) is 8.36. The van der Waals surface area contributed by atoms with Crippen LogP contribution in [-0.2, 0) is 19.3 Å². The van der Waals surface area contributed by atoms with Crippen LogP contribution in [0.4, 0.5) is 0 Å². The van der Waals surface area contributed by atoms with Crippen LogP contribution >= 0.6 is 0 Å². The predicted octanol–water partition coefficient (Wildman–Crippen LogP) is 2.33. The van der Waals surface area contributed by atoms with Gasteiger partial charge in [0.1, 0.15) is 0 Å². The second-order valence-electron chi connectivity index (χ2n) is 4.49. The topological polar surface area (TPSA) is 52.0 Å². The SMILES string of the molecule is NCCc1ncc(-c2ccc3c(c2)CCC3)o1. The Balaban J connectivity index is 1.92. The van der Waals surface area contributed by atoms with E-state index in [0.717, 1.165) is 17.2 Å². The van der Waals surface area contributed by atoms with Crippen LogP contribution in [0.2, 0.25) is 0 Å². The van der Waals surface area contributed by atoms with Crippen LogP contribution in [0.15, 0.2) is 28.8 Å². The predicted molar refractivity (Wildman–Crippen MR) is 66.7 cm³/mol. The lowest BCUT2D eigenvalue weighted by Gasteiger charge is -2.01. The first-order valence-corrected chi connectivity index (χ1v) is 6.14. The molecule has 3 rings (SSSR count). The highest BCUT2D eigenvalue weighted by atomic mass is 16.4. The standard InChI is InChI=1S/C14H16N2O/c15-7-6-14-16-9-13(17-14)12-5-4-10-2-1-3-11(10)8-12/h4-5,8-9H,1-3,6-7,15H2. The normalized spacial score (nSPS) is 13.9. The molecule has 1 aliphatic carbocycles. The smallest absolute Gasteiger partial charge is 0.196 e. The van der Waals surface area contributed by atoms with E-state index in [1.807, 2.05) is 0 Å². The van der Waals surface area contributed by atoms with Crippen molar-refractivity contribution < 1.29 is 4.42 Å². The third-order valence-electron chi connectivity index (χ3n) is 3.29. The number of fused-ring (bicyclic) bond motifs is 1. The fourth-order valence-corrected chi connectivity index (χ4v) is 2.41. The number of rotatable bonds is 3. The van der Waals surface area contributed by atoms with Crippen LogP contribution in [0.3, 0.4) is 0 Å². The lowest BCUT2D eigenvalue weighted by molar-refractivity contribution is 0.508. The summed E-state index contributed by atoms with van der Waals surface area (Å²) < 4.78 is 5.68. The molecule has 0 radical (unpaired) electrons. The highest BCUT2D eigenvalue weighted by Crippen LogP contribution is 2.28. The van der Waals surface area contributed by atoms with E-state index in [2.05, 4.69) is 23.2 Å². The van der Waals surface area contributed by atoms with Crippen molar-refractivity contribution >= 4 is 0 Å². The van der Waals surface area contributed by atoms with Gasteiger partial charge in [-0.1, -0.05) is 12.1 Å². The number of benzene rings is 1. The average Bonchev–Trinajstić information content (AvgIpc) is 2.96. The molecule has 0 bridgehead atoms. The molecule has 1 aromatic heterocycles. The molecule has 0 saturated carbocycles. The molecule has 0 unspecified atom stereocenters. The Morgan fingerprint density at radius 2 is 2.12 bits per heavy atom. The summed E-state index contributed by atoms with van der Waals surface area (Å²) in [5, 5.41) is 0. The van der Waals surface area contributed by atoms with Gasteiger partial charge in [-0.05, 0) is 36.5 Å². The summed E-state index contributed by atoms with van der Waals surface area (Å²) in [6.45, 7) is 0.574. The van der Waals surface area contributed by atoms with Crippen molar-refractivity contribution in [3.05, 3.63) is 41.4 Å². The minimum Gasteiger partial charge on any atom is -0.441 e. The number of aryl methyl sites for hydroxylation is 2. The number of oxazole rings is 1. The van der Waals surface area contributed by atoms with Crippen LogP contribution in [0, 0.1) is 0 Å². The van der Waals surface area contributed by atoms with Gasteiger partial charge in [0, 0.05) is 18.5 Å². The largest absolute Gasteiger partial charge is 0.441 e. The summed E-state index contributed by atoms with van der Waals surface area (Å²) in [5.41, 5.74) is 9.55. The third kappa shape index (κ3) is 1.98. The fraction of sp³-hybridized carbons (Fsp3) is 0.357. The van der Waals surface area contributed by atoms with E-state index in [1.54, 1.807) is 6.20 Å². The van der Waals surface area contributed by atoms with Crippen LogP contribution in [0.25, 0.3) is 11.3 Å². The van der Waals surface area contributed by atoms with Crippen LogP contribution < -0.4 is 5.73 Å². The minimum absolute atomic E-state index is 0.574. The molecular weight excluding hydrogens is 212 g/mol. The maximum Gasteiger partial charge on any atom is 0.196 e. The second-order valence-corrected chi connectivity index (χ2v) is 4.49. The van der Waals surface area contributed by atoms with Gasteiger partial charge in [0.2, 0.25) is 0 Å². The van der Waals surface area contributed by atoms with Crippen LogP contribution in [0.1, 0.15) is 23.4 Å². The van der Waals surface area contributed by atoms with E-state index in [9.17, 15) is 0 Å². The third-order valence-corrected chi connectivity index (χ3v) is 3.29. The Morgan fingerprint density at radius 3 is 3.00 bits per heavy atom. The molecule has 0 amide bonds. The summed E-state index contributed by atoms with van der Waals surface area (Å²) in [6, 6.07) is 6.56. The molecule has 1 heterocycles. The van der Waals surface area contributed by atoms with Gasteiger partial charge in [0.15, 0.2) is 11.7 Å². The molecular formula is C14H16N2O. The van der Waals surface area contributed by atoms with E-state index >= 15 is 0 Å². The van der Waals surface area contributed by atoms with Crippen molar-refractivity contribution in [2.75, 3.05) is 6.54 Å². The lowest BCUT2D eigenvalue weighted by atomic mass is 10.1. The van der Waals surface area contributed by atoms with Crippen LogP contribution in [-0.4, -0.2) is 11.5 Å². The van der Waals surface area contributed by atoms with Crippen LogP contribution in [0.5, 0.6) is 0 Å². The van der Waals surface area contributed by atoms with Gasteiger partial charge in [0.25, 0.3) is 0 Å². The summed E-state index contributed by atoms with van der Waals surface area (Å²) in [7, 11) is 0. The number of hydrogen-bond donors (Lipinski definition) is 1. The number of nitrogens with two attached hydrogens (primary N) is 1. The van der Waals surface area contributed by atoms with Crippen molar-refractivity contribution in [1.29, 1.82) is 0 Å². The summed E-state index contributed by atoms with van der Waals surface area (Å²) >= 11 is 0. The van der Waals surface area contributed by atoms with E-state index in [4.69, 9.17) is 10.2 Å². The highest BCUT2D eigenvalue weighted by Gasteiger charge is 2.13. The Hall–Kier alpha value is -1.61. The molecule has 0 aliphatic heterocycles. The molecule has 2 aromatic rings. The molecule has 3 heteroatoms. The van der Waals surface area contributed by atoms with Gasteiger partial charge in [0.05, 0.1) is 6.20 Å². The summed E-state index contributed by atoms with van der Waals surface area (Å²) in [5.74, 6) is 1.58. The minimum atomic E-state index is 0.574.